The van der Waals surface area contributed by atoms with Crippen molar-refractivity contribution in [3.63, 3.8) is 0 Å². The number of nitrogens with zero attached hydrogens (tertiary/aromatic N) is 1. The summed E-state index contributed by atoms with van der Waals surface area (Å²) in [6.07, 6.45) is 3.03. The number of hydrazine groups is 1. The molecule has 0 fully saturated rings. The zero-order valence-electron chi connectivity index (χ0n) is 9.77. The van der Waals surface area contributed by atoms with Crippen LogP contribution in [-0.2, 0) is 10.8 Å². The zero-order valence-corrected chi connectivity index (χ0v) is 10.6. The highest BCUT2D eigenvalue weighted by Crippen LogP contribution is 2.03. The van der Waals surface area contributed by atoms with E-state index in [1.807, 2.05) is 6.92 Å². The Morgan fingerprint density at radius 2 is 2.29 bits per heavy atom. The van der Waals surface area contributed by atoms with Crippen molar-refractivity contribution in [1.29, 1.82) is 0 Å². The molecule has 0 aliphatic heterocycles. The average molecular weight is 256 g/mol. The van der Waals surface area contributed by atoms with Gasteiger partial charge in [0.1, 0.15) is 5.82 Å². The van der Waals surface area contributed by atoms with Gasteiger partial charge in [-0.25, -0.2) is 10.8 Å². The van der Waals surface area contributed by atoms with Crippen LogP contribution in [0.5, 0.6) is 0 Å². The Labute approximate surface area is 102 Å². The van der Waals surface area contributed by atoms with Crippen LogP contribution >= 0.6 is 0 Å². The Balaban J connectivity index is 2.60. The lowest BCUT2D eigenvalue weighted by Gasteiger charge is -2.12. The summed E-state index contributed by atoms with van der Waals surface area (Å²) in [5.41, 5.74) is 2.82. The molecule has 94 valence electrons. The second kappa shape index (κ2) is 6.31. The fourth-order valence-corrected chi connectivity index (χ4v) is 2.10. The molecule has 0 saturated carbocycles. The number of pyridine rings is 1. The molecule has 7 heteroatoms. The molecule has 0 aliphatic rings. The predicted molar refractivity (Wildman–Crippen MR) is 67.9 cm³/mol. The molecule has 6 nitrogen and oxygen atoms in total. The minimum atomic E-state index is -0.930. The van der Waals surface area contributed by atoms with Crippen molar-refractivity contribution in [2.45, 2.75) is 13.0 Å². The molecule has 0 radical (unpaired) electrons. The SMILES string of the molecule is CC(CS(C)=O)NC(=O)c1ccc(NN)nc1. The number of nitrogen functional groups attached to an aromatic ring is 1. The summed E-state index contributed by atoms with van der Waals surface area (Å²) in [4.78, 5) is 15.7. The number of aromatic nitrogens is 1. The molecule has 1 amide bonds. The third-order valence-corrected chi connectivity index (χ3v) is 3.01. The molecule has 0 spiro atoms. The van der Waals surface area contributed by atoms with Crippen molar-refractivity contribution in [3.8, 4) is 0 Å². The largest absolute Gasteiger partial charge is 0.349 e. The van der Waals surface area contributed by atoms with Gasteiger partial charge in [0.2, 0.25) is 0 Å². The molecular weight excluding hydrogens is 240 g/mol. The second-order valence-corrected chi connectivity index (χ2v) is 5.17. The van der Waals surface area contributed by atoms with Gasteiger partial charge in [-0.05, 0) is 19.1 Å². The minimum absolute atomic E-state index is 0.138. The van der Waals surface area contributed by atoms with Crippen molar-refractivity contribution in [2.24, 2.45) is 5.84 Å². The van der Waals surface area contributed by atoms with Crippen LogP contribution in [0.4, 0.5) is 5.82 Å². The summed E-state index contributed by atoms with van der Waals surface area (Å²) in [5.74, 6) is 5.85. The zero-order chi connectivity index (χ0) is 12.8. The third kappa shape index (κ3) is 4.49. The Morgan fingerprint density at radius 1 is 1.59 bits per heavy atom. The first-order valence-electron chi connectivity index (χ1n) is 5.06. The number of hydrogen-bond donors (Lipinski definition) is 3. The summed E-state index contributed by atoms with van der Waals surface area (Å²) >= 11 is 0. The molecule has 0 aliphatic carbocycles. The van der Waals surface area contributed by atoms with E-state index in [1.165, 1.54) is 6.20 Å². The summed E-state index contributed by atoms with van der Waals surface area (Å²) in [6, 6.07) is 3.09. The van der Waals surface area contributed by atoms with Gasteiger partial charge in [0.15, 0.2) is 0 Å². The maximum absolute atomic E-state index is 11.7. The number of rotatable bonds is 5. The topological polar surface area (TPSA) is 97.1 Å². The van der Waals surface area contributed by atoms with Gasteiger partial charge in [-0.2, -0.15) is 0 Å². The van der Waals surface area contributed by atoms with Gasteiger partial charge in [0.05, 0.1) is 5.56 Å². The van der Waals surface area contributed by atoms with Crippen LogP contribution in [-0.4, -0.2) is 33.2 Å². The van der Waals surface area contributed by atoms with Crippen LogP contribution in [0.25, 0.3) is 0 Å². The maximum atomic E-state index is 11.7. The van der Waals surface area contributed by atoms with E-state index in [2.05, 4.69) is 15.7 Å². The molecule has 0 bridgehead atoms. The molecule has 1 rings (SSSR count). The number of carbonyl (C=O) groups is 1. The predicted octanol–water partition coefficient (Wildman–Crippen LogP) is -0.136. The highest BCUT2D eigenvalue weighted by Gasteiger charge is 2.11. The second-order valence-electron chi connectivity index (χ2n) is 3.69. The third-order valence-electron chi connectivity index (χ3n) is 2.04. The monoisotopic (exact) mass is 256 g/mol. The number of nitrogens with two attached hydrogens (primary N) is 1. The molecule has 0 saturated heterocycles. The smallest absolute Gasteiger partial charge is 0.253 e. The first-order valence-corrected chi connectivity index (χ1v) is 6.79. The Bertz CT molecular complexity index is 407. The Morgan fingerprint density at radius 3 is 2.76 bits per heavy atom. The first kappa shape index (κ1) is 13.6. The van der Waals surface area contributed by atoms with Crippen LogP contribution in [0.2, 0.25) is 0 Å². The number of nitrogens with one attached hydrogen (secondary N) is 2. The Kier molecular flexibility index (Phi) is 5.05. The van der Waals surface area contributed by atoms with Gasteiger partial charge < -0.3 is 10.7 Å². The summed E-state index contributed by atoms with van der Waals surface area (Å²) < 4.78 is 11.0. The number of hydrogen-bond acceptors (Lipinski definition) is 5. The van der Waals surface area contributed by atoms with E-state index in [1.54, 1.807) is 18.4 Å². The maximum Gasteiger partial charge on any atom is 0.253 e. The molecule has 4 N–H and O–H groups in total. The van der Waals surface area contributed by atoms with Crippen LogP contribution in [0.1, 0.15) is 17.3 Å². The molecular formula is C10H16N4O2S. The first-order chi connectivity index (χ1) is 8.02. The van der Waals surface area contributed by atoms with E-state index >= 15 is 0 Å². The van der Waals surface area contributed by atoms with E-state index in [4.69, 9.17) is 5.84 Å². The van der Waals surface area contributed by atoms with Crippen LogP contribution in [0, 0.1) is 0 Å². The van der Waals surface area contributed by atoms with E-state index < -0.39 is 10.8 Å². The number of carbonyl (C=O) groups excluding carboxylic acids is 1. The van der Waals surface area contributed by atoms with Crippen molar-refractivity contribution < 1.29 is 9.00 Å². The van der Waals surface area contributed by atoms with Crippen LogP contribution in [0.15, 0.2) is 18.3 Å². The van der Waals surface area contributed by atoms with Gasteiger partial charge in [-0.15, -0.1) is 0 Å². The van der Waals surface area contributed by atoms with Gasteiger partial charge in [-0.1, -0.05) is 0 Å². The molecule has 2 unspecified atom stereocenters. The lowest BCUT2D eigenvalue weighted by atomic mass is 10.2. The van der Waals surface area contributed by atoms with Crippen molar-refractivity contribution in [2.75, 3.05) is 17.4 Å². The average Bonchev–Trinajstić information content (AvgIpc) is 2.28. The quantitative estimate of drug-likeness (QED) is 0.503. The van der Waals surface area contributed by atoms with Gasteiger partial charge in [0.25, 0.3) is 5.91 Å². The highest BCUT2D eigenvalue weighted by molar-refractivity contribution is 7.84. The highest BCUT2D eigenvalue weighted by atomic mass is 32.2. The molecule has 1 heterocycles. The van der Waals surface area contributed by atoms with E-state index in [0.717, 1.165) is 0 Å². The van der Waals surface area contributed by atoms with Gasteiger partial charge in [-0.3, -0.25) is 9.00 Å². The minimum Gasteiger partial charge on any atom is -0.349 e. The van der Waals surface area contributed by atoms with E-state index in [9.17, 15) is 9.00 Å². The summed E-state index contributed by atoms with van der Waals surface area (Å²) in [6.45, 7) is 1.81. The standard InChI is InChI=1S/C10H16N4O2S/c1-7(6-17(2)16)13-10(15)8-3-4-9(14-11)12-5-8/h3-5,7H,6,11H2,1-2H3,(H,12,14)(H,13,15). The van der Waals surface area contributed by atoms with Gasteiger partial charge in [0, 0.05) is 35.0 Å². The van der Waals surface area contributed by atoms with Crippen molar-refractivity contribution in [3.05, 3.63) is 23.9 Å². The van der Waals surface area contributed by atoms with Crippen LogP contribution in [0.3, 0.4) is 0 Å². The number of anilines is 1. The fraction of sp³-hybridized carbons (Fsp3) is 0.400. The molecule has 0 aromatic carbocycles. The normalized spacial score (nSPS) is 13.8. The van der Waals surface area contributed by atoms with Crippen LogP contribution < -0.4 is 16.6 Å². The molecule has 1 aromatic rings. The molecule has 1 aromatic heterocycles. The fourth-order valence-electron chi connectivity index (χ4n) is 1.31. The summed E-state index contributed by atoms with van der Waals surface area (Å²) in [7, 11) is -0.930. The molecule has 2 atom stereocenters. The van der Waals surface area contributed by atoms with Crippen molar-refractivity contribution >= 4 is 22.5 Å². The number of amides is 1. The van der Waals surface area contributed by atoms with Crippen molar-refractivity contribution in [1.82, 2.24) is 10.3 Å². The summed E-state index contributed by atoms with van der Waals surface area (Å²) in [5, 5.41) is 2.74. The van der Waals surface area contributed by atoms with Gasteiger partial charge >= 0.3 is 0 Å². The molecule has 17 heavy (non-hydrogen) atoms. The Hall–Kier alpha value is -1.47. The lowest BCUT2D eigenvalue weighted by molar-refractivity contribution is 0.0943. The van der Waals surface area contributed by atoms with E-state index in [-0.39, 0.29) is 11.9 Å². The lowest BCUT2D eigenvalue weighted by Crippen LogP contribution is -2.36. The van der Waals surface area contributed by atoms with E-state index in [0.29, 0.717) is 17.1 Å².